The second kappa shape index (κ2) is 6.40. The summed E-state index contributed by atoms with van der Waals surface area (Å²) in [6.45, 7) is 2.86. The SMILES string of the molecule is Cc1nc(N[C@@H]2CC(=O)N(Cc3cccc(F)c3)C2)c2ccsc2n1. The molecule has 0 bridgehead atoms. The number of benzene rings is 1. The number of nitrogens with one attached hydrogen (secondary N) is 1. The van der Waals surface area contributed by atoms with Gasteiger partial charge in [-0.2, -0.15) is 0 Å². The lowest BCUT2D eigenvalue weighted by atomic mass is 10.2. The fraction of sp³-hybridized carbons (Fsp3) is 0.278. The fourth-order valence-corrected chi connectivity index (χ4v) is 3.95. The molecule has 1 N–H and O–H groups in total. The summed E-state index contributed by atoms with van der Waals surface area (Å²) in [5.74, 6) is 1.26. The molecule has 0 spiro atoms. The zero-order valence-corrected chi connectivity index (χ0v) is 14.5. The summed E-state index contributed by atoms with van der Waals surface area (Å²) >= 11 is 1.57. The highest BCUT2D eigenvalue weighted by atomic mass is 32.1. The number of carbonyl (C=O) groups excluding carboxylic acids is 1. The molecular weight excluding hydrogens is 339 g/mol. The summed E-state index contributed by atoms with van der Waals surface area (Å²) in [7, 11) is 0. The average Bonchev–Trinajstić information content (AvgIpc) is 3.14. The standard InChI is InChI=1S/C18H17FN4OS/c1-11-20-17(15-5-6-25-18(15)21-11)22-14-8-16(24)23(10-14)9-12-3-2-4-13(19)7-12/h2-7,14H,8-10H2,1H3,(H,20,21,22)/t14-/m1/s1. The van der Waals surface area contributed by atoms with Gasteiger partial charge < -0.3 is 10.2 Å². The van der Waals surface area contributed by atoms with Gasteiger partial charge in [0.15, 0.2) is 0 Å². The second-order valence-corrected chi connectivity index (χ2v) is 7.10. The van der Waals surface area contributed by atoms with Crippen LogP contribution in [-0.4, -0.2) is 33.4 Å². The molecule has 0 aliphatic carbocycles. The van der Waals surface area contributed by atoms with E-state index in [0.717, 1.165) is 21.6 Å². The maximum Gasteiger partial charge on any atom is 0.225 e. The minimum absolute atomic E-state index is 0.0153. The smallest absolute Gasteiger partial charge is 0.225 e. The molecule has 1 aliphatic heterocycles. The second-order valence-electron chi connectivity index (χ2n) is 6.21. The average molecular weight is 356 g/mol. The molecule has 1 fully saturated rings. The van der Waals surface area contributed by atoms with Crippen molar-refractivity contribution >= 4 is 33.3 Å². The number of aryl methyl sites for hydroxylation is 1. The molecule has 0 unspecified atom stereocenters. The van der Waals surface area contributed by atoms with Crippen LogP contribution >= 0.6 is 11.3 Å². The predicted octanol–water partition coefficient (Wildman–Crippen LogP) is 3.35. The number of fused-ring (bicyclic) bond motifs is 1. The summed E-state index contributed by atoms with van der Waals surface area (Å²) in [4.78, 5) is 23.9. The molecule has 5 nitrogen and oxygen atoms in total. The molecule has 1 atom stereocenters. The van der Waals surface area contributed by atoms with Gasteiger partial charge in [0.2, 0.25) is 5.91 Å². The molecule has 2 aromatic heterocycles. The third-order valence-electron chi connectivity index (χ3n) is 4.25. The number of nitrogens with zero attached hydrogens (tertiary/aromatic N) is 3. The van der Waals surface area contributed by atoms with Crippen molar-refractivity contribution in [3.05, 3.63) is 52.9 Å². The van der Waals surface area contributed by atoms with Gasteiger partial charge in [-0.3, -0.25) is 4.79 Å². The first kappa shape index (κ1) is 16.0. The lowest BCUT2D eigenvalue weighted by Crippen LogP contribution is -2.27. The van der Waals surface area contributed by atoms with Gasteiger partial charge in [-0.1, -0.05) is 12.1 Å². The molecule has 0 radical (unpaired) electrons. The molecule has 1 aromatic carbocycles. The first-order valence-corrected chi connectivity index (χ1v) is 8.97. The van der Waals surface area contributed by atoms with Gasteiger partial charge in [0.25, 0.3) is 0 Å². The Bertz CT molecular complexity index is 942. The van der Waals surface area contributed by atoms with Gasteiger partial charge in [-0.05, 0) is 36.1 Å². The molecule has 4 rings (SSSR count). The summed E-state index contributed by atoms with van der Waals surface area (Å²) in [6.07, 6.45) is 0.407. The van der Waals surface area contributed by atoms with Crippen LogP contribution in [0.3, 0.4) is 0 Å². The van der Waals surface area contributed by atoms with Crippen molar-refractivity contribution in [1.29, 1.82) is 0 Å². The van der Waals surface area contributed by atoms with Crippen LogP contribution in [0.5, 0.6) is 0 Å². The normalized spacial score (nSPS) is 17.4. The van der Waals surface area contributed by atoms with Crippen molar-refractivity contribution in [3.8, 4) is 0 Å². The predicted molar refractivity (Wildman–Crippen MR) is 96.0 cm³/mol. The molecule has 0 saturated carbocycles. The topological polar surface area (TPSA) is 58.1 Å². The van der Waals surface area contributed by atoms with Gasteiger partial charge in [0, 0.05) is 19.5 Å². The summed E-state index contributed by atoms with van der Waals surface area (Å²) in [5.41, 5.74) is 0.798. The van der Waals surface area contributed by atoms with Crippen molar-refractivity contribution in [3.63, 3.8) is 0 Å². The Labute approximate surface area is 148 Å². The number of amides is 1. The van der Waals surface area contributed by atoms with E-state index < -0.39 is 0 Å². The van der Waals surface area contributed by atoms with Gasteiger partial charge in [-0.15, -0.1) is 11.3 Å². The maximum atomic E-state index is 13.3. The van der Waals surface area contributed by atoms with Gasteiger partial charge in [-0.25, -0.2) is 14.4 Å². The van der Waals surface area contributed by atoms with Gasteiger partial charge in [0.1, 0.15) is 22.3 Å². The monoisotopic (exact) mass is 356 g/mol. The van der Waals surface area contributed by atoms with Crippen LogP contribution in [0.15, 0.2) is 35.7 Å². The number of rotatable bonds is 4. The highest BCUT2D eigenvalue weighted by Crippen LogP contribution is 2.27. The van der Waals surface area contributed by atoms with Crippen molar-refractivity contribution in [2.24, 2.45) is 0 Å². The van der Waals surface area contributed by atoms with Crippen LogP contribution in [0, 0.1) is 12.7 Å². The first-order chi connectivity index (χ1) is 12.1. The number of halogens is 1. The number of anilines is 1. The van der Waals surface area contributed by atoms with Crippen LogP contribution in [0.2, 0.25) is 0 Å². The van der Waals surface area contributed by atoms with E-state index in [1.807, 2.05) is 24.4 Å². The van der Waals surface area contributed by atoms with Gasteiger partial charge in [0.05, 0.1) is 11.4 Å². The van der Waals surface area contributed by atoms with Crippen LogP contribution in [-0.2, 0) is 11.3 Å². The molecule has 3 aromatic rings. The number of thiophene rings is 1. The minimum Gasteiger partial charge on any atom is -0.364 e. The van der Waals surface area contributed by atoms with Crippen LogP contribution in [0.25, 0.3) is 10.2 Å². The Balaban J connectivity index is 1.49. The van der Waals surface area contributed by atoms with Crippen molar-refractivity contribution in [1.82, 2.24) is 14.9 Å². The lowest BCUT2D eigenvalue weighted by molar-refractivity contribution is -0.128. The van der Waals surface area contributed by atoms with E-state index in [1.54, 1.807) is 22.3 Å². The van der Waals surface area contributed by atoms with Crippen LogP contribution in [0.4, 0.5) is 10.2 Å². The third kappa shape index (κ3) is 3.32. The van der Waals surface area contributed by atoms with Crippen LogP contribution < -0.4 is 5.32 Å². The molecule has 128 valence electrons. The van der Waals surface area contributed by atoms with E-state index in [-0.39, 0.29) is 17.8 Å². The number of aromatic nitrogens is 2. The highest BCUT2D eigenvalue weighted by Gasteiger charge is 2.30. The van der Waals surface area contributed by atoms with Crippen molar-refractivity contribution in [2.45, 2.75) is 25.9 Å². The molecule has 1 aliphatic rings. The Morgan fingerprint density at radius 3 is 3.08 bits per heavy atom. The summed E-state index contributed by atoms with van der Waals surface area (Å²) < 4.78 is 13.3. The Morgan fingerprint density at radius 1 is 1.36 bits per heavy atom. The van der Waals surface area contributed by atoms with E-state index >= 15 is 0 Å². The lowest BCUT2D eigenvalue weighted by Gasteiger charge is -2.18. The first-order valence-electron chi connectivity index (χ1n) is 8.09. The van der Waals surface area contributed by atoms with Crippen molar-refractivity contribution < 1.29 is 9.18 Å². The molecule has 3 heterocycles. The molecule has 7 heteroatoms. The number of likely N-dealkylation sites (tertiary alicyclic amines) is 1. The van der Waals surface area contributed by atoms with E-state index in [1.165, 1.54) is 12.1 Å². The number of hydrogen-bond acceptors (Lipinski definition) is 5. The third-order valence-corrected chi connectivity index (χ3v) is 5.06. The fourth-order valence-electron chi connectivity index (χ4n) is 3.14. The Hall–Kier alpha value is -2.54. The van der Waals surface area contributed by atoms with Crippen molar-refractivity contribution in [2.75, 3.05) is 11.9 Å². The van der Waals surface area contributed by atoms with E-state index in [0.29, 0.717) is 25.3 Å². The maximum absolute atomic E-state index is 13.3. The van der Waals surface area contributed by atoms with Crippen LogP contribution in [0.1, 0.15) is 17.8 Å². The van der Waals surface area contributed by atoms with E-state index in [9.17, 15) is 9.18 Å². The van der Waals surface area contributed by atoms with E-state index in [2.05, 4.69) is 15.3 Å². The molecule has 25 heavy (non-hydrogen) atoms. The zero-order chi connectivity index (χ0) is 17.4. The Kier molecular flexibility index (Phi) is 4.09. The summed E-state index contributed by atoms with van der Waals surface area (Å²) in [5, 5.41) is 6.35. The zero-order valence-electron chi connectivity index (χ0n) is 13.7. The largest absolute Gasteiger partial charge is 0.364 e. The number of carbonyl (C=O) groups is 1. The highest BCUT2D eigenvalue weighted by molar-refractivity contribution is 7.16. The molecule has 1 saturated heterocycles. The van der Waals surface area contributed by atoms with Gasteiger partial charge >= 0.3 is 0 Å². The number of hydrogen-bond donors (Lipinski definition) is 1. The van der Waals surface area contributed by atoms with E-state index in [4.69, 9.17) is 0 Å². The Morgan fingerprint density at radius 2 is 2.24 bits per heavy atom. The minimum atomic E-state index is -0.282. The molecule has 1 amide bonds. The quantitative estimate of drug-likeness (QED) is 0.779. The summed E-state index contributed by atoms with van der Waals surface area (Å²) in [6, 6.07) is 8.35. The molecular formula is C18H17FN4OS.